The van der Waals surface area contributed by atoms with Gasteiger partial charge in [0.05, 0.1) is 0 Å². The predicted molar refractivity (Wildman–Crippen MR) is 156 cm³/mol. The van der Waals surface area contributed by atoms with E-state index in [2.05, 4.69) is 51.6 Å². The second kappa shape index (κ2) is 11.9. The number of aromatic nitrogens is 2. The Labute approximate surface area is 232 Å². The van der Waals surface area contributed by atoms with E-state index in [9.17, 15) is 9.18 Å². The highest BCUT2D eigenvalue weighted by Crippen LogP contribution is 2.24. The van der Waals surface area contributed by atoms with Gasteiger partial charge < -0.3 is 15.5 Å². The zero-order chi connectivity index (χ0) is 27.4. The van der Waals surface area contributed by atoms with Crippen LogP contribution in [0.2, 0.25) is 0 Å². The van der Waals surface area contributed by atoms with Crippen LogP contribution in [0.3, 0.4) is 0 Å². The molecule has 0 spiro atoms. The molecule has 0 unspecified atom stereocenters. The summed E-state index contributed by atoms with van der Waals surface area (Å²) in [4.78, 5) is 29.0. The SMILES string of the molecule is Cc1ccc(CN(C)C2CCN(C(=O)c3ccc(Nc4nccc(Nc5ccc(F)c(C)c5)n4)cc3)CC2)s1. The maximum Gasteiger partial charge on any atom is 0.253 e. The summed E-state index contributed by atoms with van der Waals surface area (Å²) in [5, 5.41) is 6.36. The first-order chi connectivity index (χ1) is 18.8. The summed E-state index contributed by atoms with van der Waals surface area (Å²) in [5.41, 5.74) is 2.76. The molecule has 2 aromatic heterocycles. The molecule has 1 amide bonds. The first-order valence-corrected chi connectivity index (χ1v) is 13.9. The van der Waals surface area contributed by atoms with Crippen molar-refractivity contribution >= 4 is 40.4 Å². The Kier molecular flexibility index (Phi) is 8.18. The Morgan fingerprint density at radius 1 is 1.03 bits per heavy atom. The van der Waals surface area contributed by atoms with Crippen LogP contribution in [-0.2, 0) is 6.54 Å². The molecule has 9 heteroatoms. The van der Waals surface area contributed by atoms with Crippen molar-refractivity contribution in [2.45, 2.75) is 39.3 Å². The molecule has 7 nitrogen and oxygen atoms in total. The van der Waals surface area contributed by atoms with Crippen LogP contribution in [0.1, 0.15) is 38.5 Å². The maximum atomic E-state index is 13.6. The third-order valence-corrected chi connectivity index (χ3v) is 8.04. The van der Waals surface area contributed by atoms with Crippen molar-refractivity contribution in [1.29, 1.82) is 0 Å². The zero-order valence-corrected chi connectivity index (χ0v) is 23.3. The van der Waals surface area contributed by atoms with Gasteiger partial charge in [0.15, 0.2) is 0 Å². The first kappa shape index (κ1) is 26.8. The van der Waals surface area contributed by atoms with E-state index in [1.807, 2.05) is 40.5 Å². The summed E-state index contributed by atoms with van der Waals surface area (Å²) >= 11 is 1.85. The van der Waals surface area contributed by atoms with Gasteiger partial charge in [-0.3, -0.25) is 9.69 Å². The fourth-order valence-corrected chi connectivity index (χ4v) is 5.78. The van der Waals surface area contributed by atoms with Gasteiger partial charge in [-0.1, -0.05) is 0 Å². The van der Waals surface area contributed by atoms with Gasteiger partial charge in [0.1, 0.15) is 11.6 Å². The number of halogens is 1. The van der Waals surface area contributed by atoms with Gasteiger partial charge in [0.25, 0.3) is 5.91 Å². The summed E-state index contributed by atoms with van der Waals surface area (Å²) in [5.74, 6) is 0.824. The Balaban J connectivity index is 1.14. The van der Waals surface area contributed by atoms with Crippen LogP contribution in [0.5, 0.6) is 0 Å². The number of nitrogens with zero attached hydrogens (tertiary/aromatic N) is 4. The molecule has 1 fully saturated rings. The monoisotopic (exact) mass is 544 g/mol. The van der Waals surface area contributed by atoms with E-state index in [1.54, 1.807) is 31.3 Å². The Morgan fingerprint density at radius 2 is 1.77 bits per heavy atom. The number of nitrogens with one attached hydrogen (secondary N) is 2. The van der Waals surface area contributed by atoms with E-state index in [0.29, 0.717) is 28.9 Å². The average molecular weight is 545 g/mol. The van der Waals surface area contributed by atoms with Crippen LogP contribution in [0.25, 0.3) is 0 Å². The molecule has 39 heavy (non-hydrogen) atoms. The van der Waals surface area contributed by atoms with E-state index in [-0.39, 0.29) is 11.7 Å². The van der Waals surface area contributed by atoms with E-state index in [4.69, 9.17) is 0 Å². The summed E-state index contributed by atoms with van der Waals surface area (Å²) in [6.45, 7) is 6.34. The van der Waals surface area contributed by atoms with Crippen LogP contribution in [0, 0.1) is 19.7 Å². The second-order valence-corrected chi connectivity index (χ2v) is 11.4. The number of carbonyl (C=O) groups excluding carboxylic acids is 1. The smallest absolute Gasteiger partial charge is 0.253 e. The predicted octanol–water partition coefficient (Wildman–Crippen LogP) is 6.52. The molecule has 2 N–H and O–H groups in total. The van der Waals surface area contributed by atoms with Gasteiger partial charge in [-0.15, -0.1) is 11.3 Å². The minimum absolute atomic E-state index is 0.0635. The first-order valence-electron chi connectivity index (χ1n) is 13.1. The summed E-state index contributed by atoms with van der Waals surface area (Å²) < 4.78 is 13.6. The van der Waals surface area contributed by atoms with Gasteiger partial charge >= 0.3 is 0 Å². The standard InChI is InChI=1S/C30H33FN6OS/c1-20-18-24(9-11-27(20)31)33-28-12-15-32-30(35-28)34-23-7-5-22(6-8-23)29(38)37-16-13-25(14-17-37)36(3)19-26-10-4-21(2)39-26/h4-12,15,18,25H,13-14,16-17,19H2,1-3H3,(H2,32,33,34,35). The van der Waals surface area contributed by atoms with Gasteiger partial charge in [-0.05, 0) is 100.0 Å². The molecule has 0 aliphatic carbocycles. The number of benzene rings is 2. The molecule has 5 rings (SSSR count). The molecule has 202 valence electrons. The molecule has 4 aromatic rings. The summed E-state index contributed by atoms with van der Waals surface area (Å²) in [7, 11) is 2.18. The summed E-state index contributed by atoms with van der Waals surface area (Å²) in [6, 6.07) is 18.8. The van der Waals surface area contributed by atoms with Crippen molar-refractivity contribution in [2.24, 2.45) is 0 Å². The lowest BCUT2D eigenvalue weighted by Crippen LogP contribution is -2.45. The number of piperidine rings is 1. The minimum Gasteiger partial charge on any atom is -0.340 e. The number of hydrogen-bond acceptors (Lipinski definition) is 7. The van der Waals surface area contributed by atoms with Crippen LogP contribution >= 0.6 is 11.3 Å². The van der Waals surface area contributed by atoms with Gasteiger partial charge in [0, 0.05) is 58.6 Å². The van der Waals surface area contributed by atoms with Crippen molar-refractivity contribution < 1.29 is 9.18 Å². The normalized spacial score (nSPS) is 14.0. The maximum absolute atomic E-state index is 13.6. The summed E-state index contributed by atoms with van der Waals surface area (Å²) in [6.07, 6.45) is 3.60. The molecule has 3 heterocycles. The highest BCUT2D eigenvalue weighted by Gasteiger charge is 2.26. The lowest BCUT2D eigenvalue weighted by Gasteiger charge is -2.36. The van der Waals surface area contributed by atoms with Crippen molar-refractivity contribution in [3.8, 4) is 0 Å². The van der Waals surface area contributed by atoms with Gasteiger partial charge in [0.2, 0.25) is 5.95 Å². The average Bonchev–Trinajstić information content (AvgIpc) is 3.35. The number of carbonyl (C=O) groups is 1. The molecule has 0 atom stereocenters. The lowest BCUT2D eigenvalue weighted by molar-refractivity contribution is 0.0640. The minimum atomic E-state index is -0.246. The molecule has 1 aliphatic heterocycles. The molecule has 0 bridgehead atoms. The van der Waals surface area contributed by atoms with Crippen LogP contribution in [0.15, 0.2) is 66.9 Å². The molecule has 0 saturated carbocycles. The van der Waals surface area contributed by atoms with Crippen molar-refractivity contribution in [2.75, 3.05) is 30.8 Å². The fraction of sp³-hybridized carbons (Fsp3) is 0.300. The number of likely N-dealkylation sites (tertiary alicyclic amines) is 1. The number of rotatable bonds is 8. The van der Waals surface area contributed by atoms with Gasteiger partial charge in [-0.2, -0.15) is 4.98 Å². The Morgan fingerprint density at radius 3 is 2.46 bits per heavy atom. The highest BCUT2D eigenvalue weighted by atomic mass is 32.1. The lowest BCUT2D eigenvalue weighted by atomic mass is 10.0. The molecule has 1 aliphatic rings. The molecule has 2 aromatic carbocycles. The van der Waals surface area contributed by atoms with E-state index >= 15 is 0 Å². The van der Waals surface area contributed by atoms with Crippen LogP contribution < -0.4 is 10.6 Å². The third kappa shape index (κ3) is 6.79. The quantitative estimate of drug-likeness (QED) is 0.263. The van der Waals surface area contributed by atoms with Crippen molar-refractivity contribution in [1.82, 2.24) is 19.8 Å². The van der Waals surface area contributed by atoms with E-state index in [1.165, 1.54) is 15.8 Å². The number of thiophene rings is 1. The van der Waals surface area contributed by atoms with E-state index < -0.39 is 0 Å². The fourth-order valence-electron chi connectivity index (χ4n) is 4.82. The Bertz CT molecular complexity index is 1430. The third-order valence-electron chi connectivity index (χ3n) is 7.05. The Hall–Kier alpha value is -3.82. The zero-order valence-electron chi connectivity index (χ0n) is 22.4. The van der Waals surface area contributed by atoms with Crippen LogP contribution in [-0.4, -0.2) is 51.9 Å². The number of amides is 1. The number of hydrogen-bond donors (Lipinski definition) is 2. The second-order valence-electron chi connectivity index (χ2n) is 10.0. The molecular formula is C30H33FN6OS. The molecular weight excluding hydrogens is 511 g/mol. The molecule has 0 radical (unpaired) electrons. The van der Waals surface area contributed by atoms with Crippen molar-refractivity contribution in [3.05, 3.63) is 93.6 Å². The van der Waals surface area contributed by atoms with E-state index in [0.717, 1.165) is 43.9 Å². The topological polar surface area (TPSA) is 73.4 Å². The number of aryl methyl sites for hydroxylation is 2. The van der Waals surface area contributed by atoms with Gasteiger partial charge in [-0.25, -0.2) is 9.37 Å². The number of anilines is 4. The molecule has 1 saturated heterocycles. The largest absolute Gasteiger partial charge is 0.340 e. The van der Waals surface area contributed by atoms with Crippen molar-refractivity contribution in [3.63, 3.8) is 0 Å². The van der Waals surface area contributed by atoms with Crippen LogP contribution in [0.4, 0.5) is 27.5 Å². The highest BCUT2D eigenvalue weighted by molar-refractivity contribution is 7.11.